The molecule has 0 amide bonds. The topological polar surface area (TPSA) is 24.8 Å². The van der Waals surface area contributed by atoms with E-state index < -0.39 is 0 Å². The number of hydrogen-bond donors (Lipinski definition) is 0. The van der Waals surface area contributed by atoms with E-state index in [0.717, 1.165) is 27.7 Å². The van der Waals surface area contributed by atoms with Crippen LogP contribution >= 0.6 is 11.8 Å². The number of nitrogens with zero attached hydrogens (tertiary/aromatic N) is 2. The number of methoxy groups -OCH3 is 1. The molecule has 4 heteroatoms. The summed E-state index contributed by atoms with van der Waals surface area (Å²) in [4.78, 5) is 7.64. The van der Waals surface area contributed by atoms with Crippen LogP contribution in [0.1, 0.15) is 17.2 Å². The molecule has 1 aliphatic rings. The van der Waals surface area contributed by atoms with Gasteiger partial charge in [-0.25, -0.2) is 0 Å². The maximum atomic E-state index is 5.38. The van der Waals surface area contributed by atoms with Crippen molar-refractivity contribution in [1.82, 2.24) is 0 Å². The highest BCUT2D eigenvalue weighted by Crippen LogP contribution is 2.46. The Labute approximate surface area is 193 Å². The van der Waals surface area contributed by atoms with Crippen LogP contribution in [-0.2, 0) is 0 Å². The van der Waals surface area contributed by atoms with Crippen LogP contribution < -0.4 is 9.64 Å². The van der Waals surface area contributed by atoms with Gasteiger partial charge in [-0.15, -0.1) is 0 Å². The van der Waals surface area contributed by atoms with E-state index in [1.807, 2.05) is 30.0 Å². The van der Waals surface area contributed by atoms with E-state index in [-0.39, 0.29) is 11.4 Å². The quantitative estimate of drug-likeness (QED) is 0.322. The molecule has 0 saturated heterocycles. The van der Waals surface area contributed by atoms with Crippen molar-refractivity contribution in [2.75, 3.05) is 12.0 Å². The summed E-state index contributed by atoms with van der Waals surface area (Å²) in [5, 5.41) is 1.14. The average Bonchev–Trinajstić information content (AvgIpc) is 3.31. The highest BCUT2D eigenvalue weighted by Gasteiger charge is 2.37. The monoisotopic (exact) mass is 436 g/mol. The van der Waals surface area contributed by atoms with Crippen LogP contribution in [0.5, 0.6) is 5.75 Å². The molecule has 1 heterocycles. The second-order valence-corrected chi connectivity index (χ2v) is 8.67. The first-order valence-electron chi connectivity index (χ1n) is 10.7. The molecular formula is C28H24N2OS. The molecule has 2 atom stereocenters. The summed E-state index contributed by atoms with van der Waals surface area (Å²) < 4.78 is 5.38. The molecule has 0 saturated carbocycles. The molecule has 3 nitrogen and oxygen atoms in total. The third-order valence-electron chi connectivity index (χ3n) is 5.56. The van der Waals surface area contributed by atoms with Gasteiger partial charge in [0.2, 0.25) is 0 Å². The first-order chi connectivity index (χ1) is 15.8. The number of hydrogen-bond acceptors (Lipinski definition) is 4. The maximum absolute atomic E-state index is 5.38. The Morgan fingerprint density at radius 2 is 1.22 bits per heavy atom. The van der Waals surface area contributed by atoms with Crippen molar-refractivity contribution in [2.24, 2.45) is 4.99 Å². The molecule has 0 aliphatic carbocycles. The highest BCUT2D eigenvalue weighted by atomic mass is 32.2. The van der Waals surface area contributed by atoms with Gasteiger partial charge in [0.25, 0.3) is 0 Å². The number of ether oxygens (including phenoxy) is 1. The van der Waals surface area contributed by atoms with Crippen molar-refractivity contribution >= 4 is 28.2 Å². The number of thioether (sulfide) groups is 1. The van der Waals surface area contributed by atoms with E-state index in [1.165, 1.54) is 5.56 Å². The summed E-state index contributed by atoms with van der Waals surface area (Å²) in [5.74, 6) is 0.853. The summed E-state index contributed by atoms with van der Waals surface area (Å²) in [7, 11) is 1.70. The standard InChI is InChI=1S/C28H24N2OS/c1-31-25-19-17-21(18-20-25)26-28(32-27(29-26)22-11-5-2-6-12-22)30(23-13-7-3-8-14-23)24-15-9-4-10-16-24/h2-20,26,28H,1H3. The number of para-hydroxylation sites is 2. The van der Waals surface area contributed by atoms with Crippen LogP contribution in [0.2, 0.25) is 0 Å². The predicted molar refractivity (Wildman–Crippen MR) is 135 cm³/mol. The second kappa shape index (κ2) is 9.33. The summed E-state index contributed by atoms with van der Waals surface area (Å²) in [6, 6.07) is 39.8. The van der Waals surface area contributed by atoms with Gasteiger partial charge in [-0.1, -0.05) is 90.6 Å². The fourth-order valence-corrected chi connectivity index (χ4v) is 5.35. The van der Waals surface area contributed by atoms with E-state index in [9.17, 15) is 0 Å². The van der Waals surface area contributed by atoms with Gasteiger partial charge in [-0.3, -0.25) is 4.99 Å². The van der Waals surface area contributed by atoms with Gasteiger partial charge in [0, 0.05) is 16.9 Å². The van der Waals surface area contributed by atoms with Crippen LogP contribution in [0.15, 0.2) is 120 Å². The smallest absolute Gasteiger partial charge is 0.118 e. The fourth-order valence-electron chi connectivity index (χ4n) is 3.98. The lowest BCUT2D eigenvalue weighted by Gasteiger charge is -2.33. The zero-order valence-electron chi connectivity index (χ0n) is 17.8. The lowest BCUT2D eigenvalue weighted by atomic mass is 10.0. The Morgan fingerprint density at radius 3 is 1.75 bits per heavy atom. The number of aliphatic imine (C=N–C) groups is 1. The number of rotatable bonds is 6. The third kappa shape index (κ3) is 4.14. The van der Waals surface area contributed by atoms with Gasteiger partial charge < -0.3 is 9.64 Å². The van der Waals surface area contributed by atoms with Crippen LogP contribution in [0.25, 0.3) is 0 Å². The lowest BCUT2D eigenvalue weighted by molar-refractivity contribution is 0.414. The highest BCUT2D eigenvalue weighted by molar-refractivity contribution is 8.15. The van der Waals surface area contributed by atoms with Crippen molar-refractivity contribution < 1.29 is 4.74 Å². The van der Waals surface area contributed by atoms with Crippen LogP contribution in [0, 0.1) is 0 Å². The molecule has 158 valence electrons. The SMILES string of the molecule is COc1ccc(C2N=C(c3ccccc3)SC2N(c2ccccc2)c2ccccc2)cc1. The molecule has 4 aromatic carbocycles. The molecule has 32 heavy (non-hydrogen) atoms. The van der Waals surface area contributed by atoms with Crippen LogP contribution in [-0.4, -0.2) is 17.5 Å². The predicted octanol–water partition coefficient (Wildman–Crippen LogP) is 7.09. The van der Waals surface area contributed by atoms with Crippen molar-refractivity contribution in [2.45, 2.75) is 11.4 Å². The Morgan fingerprint density at radius 1 is 0.688 bits per heavy atom. The average molecular weight is 437 g/mol. The Kier molecular flexibility index (Phi) is 5.95. The molecule has 0 fully saturated rings. The van der Waals surface area contributed by atoms with Crippen molar-refractivity contribution in [3.05, 3.63) is 126 Å². The molecule has 0 aromatic heterocycles. The summed E-state index contributed by atoms with van der Waals surface area (Å²) in [6.45, 7) is 0. The first-order valence-corrected chi connectivity index (χ1v) is 11.5. The van der Waals surface area contributed by atoms with E-state index in [0.29, 0.717) is 0 Å². The zero-order valence-corrected chi connectivity index (χ0v) is 18.7. The Bertz CT molecular complexity index is 1140. The molecule has 4 aromatic rings. The molecule has 0 bridgehead atoms. The molecule has 0 N–H and O–H groups in total. The van der Waals surface area contributed by atoms with Crippen molar-refractivity contribution in [3.63, 3.8) is 0 Å². The molecule has 0 radical (unpaired) electrons. The normalized spacial score (nSPS) is 17.6. The summed E-state index contributed by atoms with van der Waals surface area (Å²) in [6.07, 6.45) is 0. The molecule has 2 unspecified atom stereocenters. The largest absolute Gasteiger partial charge is 0.497 e. The molecule has 1 aliphatic heterocycles. The van der Waals surface area contributed by atoms with Crippen LogP contribution in [0.4, 0.5) is 11.4 Å². The molecule has 5 rings (SSSR count). The first kappa shape index (κ1) is 20.4. The van der Waals surface area contributed by atoms with E-state index in [2.05, 4.69) is 102 Å². The van der Waals surface area contributed by atoms with Gasteiger partial charge in [0.15, 0.2) is 0 Å². The summed E-state index contributed by atoms with van der Waals surface area (Å²) >= 11 is 1.82. The minimum absolute atomic E-state index is 0.0264. The van der Waals surface area contributed by atoms with Crippen molar-refractivity contribution in [3.8, 4) is 5.75 Å². The van der Waals surface area contributed by atoms with Gasteiger partial charge in [-0.2, -0.15) is 0 Å². The maximum Gasteiger partial charge on any atom is 0.118 e. The summed E-state index contributed by atoms with van der Waals surface area (Å²) in [5.41, 5.74) is 4.63. The Balaban J connectivity index is 1.61. The van der Waals surface area contributed by atoms with E-state index in [4.69, 9.17) is 9.73 Å². The molecular weight excluding hydrogens is 412 g/mol. The van der Waals surface area contributed by atoms with Gasteiger partial charge in [-0.05, 0) is 42.0 Å². The minimum atomic E-state index is -0.0264. The third-order valence-corrected chi connectivity index (χ3v) is 6.83. The molecule has 0 spiro atoms. The second-order valence-electron chi connectivity index (χ2n) is 7.57. The lowest BCUT2D eigenvalue weighted by Crippen LogP contribution is -2.31. The van der Waals surface area contributed by atoms with Crippen LogP contribution in [0.3, 0.4) is 0 Å². The van der Waals surface area contributed by atoms with Gasteiger partial charge in [0.1, 0.15) is 22.2 Å². The Hall–Kier alpha value is -3.50. The van der Waals surface area contributed by atoms with Crippen molar-refractivity contribution in [1.29, 1.82) is 0 Å². The van der Waals surface area contributed by atoms with Gasteiger partial charge >= 0.3 is 0 Å². The van der Waals surface area contributed by atoms with E-state index in [1.54, 1.807) is 7.11 Å². The minimum Gasteiger partial charge on any atom is -0.497 e. The fraction of sp³-hybridized carbons (Fsp3) is 0.107. The number of benzene rings is 4. The van der Waals surface area contributed by atoms with Gasteiger partial charge in [0.05, 0.1) is 7.11 Å². The van der Waals surface area contributed by atoms with E-state index >= 15 is 0 Å². The number of anilines is 2. The zero-order chi connectivity index (χ0) is 21.8.